The maximum absolute atomic E-state index is 12.8. The molecule has 2 amide bonds. The number of anilines is 1. The molecule has 3 N–H and O–H groups in total. The number of aromatic nitrogens is 1. The van der Waals surface area contributed by atoms with Gasteiger partial charge >= 0.3 is 0 Å². The van der Waals surface area contributed by atoms with Crippen LogP contribution >= 0.6 is 34.9 Å². The number of hydrogen-bond donors (Lipinski definition) is 2. The first-order valence-electron chi connectivity index (χ1n) is 9.38. The van der Waals surface area contributed by atoms with E-state index in [4.69, 9.17) is 15.0 Å². The number of allylic oxidation sites excluding steroid dienone is 1. The standard InChI is InChI=1S/C19H19N5O5S3/c1-9-10(7-31-18(27)12-4-3-5-29-12)6-30-17-14(16(26)24(9)17)22-15(25)13(23-28-2)11-8-32-19(20)21-11/h3-5,8,14,17H,6-7H2,1-2H3,(H2,20,21)(H,22,25)/b23-13-/t14-,17?/m1/s1. The van der Waals surface area contributed by atoms with Gasteiger partial charge < -0.3 is 20.3 Å². The van der Waals surface area contributed by atoms with Crippen LogP contribution in [0.15, 0.2) is 44.6 Å². The summed E-state index contributed by atoms with van der Waals surface area (Å²) in [4.78, 5) is 48.2. The highest BCUT2D eigenvalue weighted by Crippen LogP contribution is 2.41. The summed E-state index contributed by atoms with van der Waals surface area (Å²) in [6.45, 7) is 1.85. The molecule has 1 unspecified atom stereocenters. The number of hydrogen-bond acceptors (Lipinski definition) is 11. The number of β-lactam (4-membered cyclic amide) rings is 1. The highest BCUT2D eigenvalue weighted by molar-refractivity contribution is 8.14. The first kappa shape index (κ1) is 22.4. The van der Waals surface area contributed by atoms with Crippen molar-refractivity contribution in [3.63, 3.8) is 0 Å². The highest BCUT2D eigenvalue weighted by atomic mass is 32.2. The topological polar surface area (TPSA) is 140 Å². The van der Waals surface area contributed by atoms with Gasteiger partial charge in [-0.1, -0.05) is 16.9 Å². The smallest absolute Gasteiger partial charge is 0.276 e. The van der Waals surface area contributed by atoms with Crippen LogP contribution in [-0.2, 0) is 14.4 Å². The largest absolute Gasteiger partial charge is 0.460 e. The van der Waals surface area contributed by atoms with E-state index in [0.29, 0.717) is 22.4 Å². The Morgan fingerprint density at radius 2 is 2.31 bits per heavy atom. The summed E-state index contributed by atoms with van der Waals surface area (Å²) in [7, 11) is 1.32. The summed E-state index contributed by atoms with van der Waals surface area (Å²) in [5, 5.41) is 7.98. The van der Waals surface area contributed by atoms with E-state index in [-0.39, 0.29) is 27.8 Å². The molecule has 2 aromatic heterocycles. The Morgan fingerprint density at radius 1 is 1.50 bits per heavy atom. The summed E-state index contributed by atoms with van der Waals surface area (Å²) in [6, 6.07) is 2.59. The Hall–Kier alpha value is -2.77. The molecule has 168 valence electrons. The molecule has 0 saturated carbocycles. The number of rotatable bonds is 7. The number of furan rings is 1. The SMILES string of the molecule is CO/N=C(\C(=O)N[C@@H]1C(=O)N2C(C)=C(CSC(=O)c3ccco3)CSC12)c1csc(N)n1. The maximum Gasteiger partial charge on any atom is 0.276 e. The second kappa shape index (κ2) is 9.38. The minimum absolute atomic E-state index is 0.0479. The average molecular weight is 494 g/mol. The third-order valence-corrected chi connectivity index (χ3v) is 7.86. The minimum Gasteiger partial charge on any atom is -0.460 e. The number of thioether (sulfide) groups is 2. The molecule has 0 bridgehead atoms. The van der Waals surface area contributed by atoms with Crippen LogP contribution in [0.25, 0.3) is 0 Å². The van der Waals surface area contributed by atoms with E-state index in [2.05, 4.69) is 15.5 Å². The van der Waals surface area contributed by atoms with E-state index in [1.807, 2.05) is 6.92 Å². The Kier molecular flexibility index (Phi) is 6.58. The van der Waals surface area contributed by atoms with Crippen molar-refractivity contribution in [1.29, 1.82) is 0 Å². The van der Waals surface area contributed by atoms with Crippen molar-refractivity contribution < 1.29 is 23.6 Å². The monoisotopic (exact) mass is 493 g/mol. The van der Waals surface area contributed by atoms with Crippen molar-refractivity contribution >= 4 is 62.6 Å². The van der Waals surface area contributed by atoms with Gasteiger partial charge in [0.25, 0.3) is 16.9 Å². The van der Waals surface area contributed by atoms with Gasteiger partial charge in [-0.05, 0) is 24.6 Å². The molecule has 0 aliphatic carbocycles. The molecule has 0 radical (unpaired) electrons. The predicted octanol–water partition coefficient (Wildman–Crippen LogP) is 1.92. The number of carbonyl (C=O) groups is 3. The molecule has 32 heavy (non-hydrogen) atoms. The van der Waals surface area contributed by atoms with Crippen LogP contribution in [0.5, 0.6) is 0 Å². The number of nitrogen functional groups attached to an aromatic ring is 1. The van der Waals surface area contributed by atoms with E-state index in [9.17, 15) is 14.4 Å². The second-order valence-corrected chi connectivity index (χ2v) is 9.74. The summed E-state index contributed by atoms with van der Waals surface area (Å²) >= 11 is 3.84. The van der Waals surface area contributed by atoms with Gasteiger partial charge in [0.2, 0.25) is 0 Å². The number of amides is 2. The molecule has 2 aromatic rings. The fraction of sp³-hybridized carbons (Fsp3) is 0.316. The first-order valence-corrected chi connectivity index (χ1v) is 12.3. The molecule has 4 rings (SSSR count). The van der Waals surface area contributed by atoms with Crippen molar-refractivity contribution in [2.45, 2.75) is 18.3 Å². The number of thiazole rings is 1. The molecule has 1 fully saturated rings. The zero-order valence-corrected chi connectivity index (χ0v) is 19.5. The Balaban J connectivity index is 1.40. The molecule has 2 aliphatic rings. The number of nitrogens with two attached hydrogens (primary N) is 1. The van der Waals surface area contributed by atoms with Crippen LogP contribution in [0.3, 0.4) is 0 Å². The lowest BCUT2D eigenvalue weighted by atomic mass is 10.0. The van der Waals surface area contributed by atoms with E-state index in [1.165, 1.54) is 36.5 Å². The molecule has 10 nitrogen and oxygen atoms in total. The molecular formula is C19H19N5O5S3. The fourth-order valence-corrected chi connectivity index (χ4v) is 6.27. The van der Waals surface area contributed by atoms with Crippen LogP contribution in [0.4, 0.5) is 5.13 Å². The van der Waals surface area contributed by atoms with Gasteiger partial charge in [-0.25, -0.2) is 4.98 Å². The van der Waals surface area contributed by atoms with E-state index < -0.39 is 11.9 Å². The molecule has 1 saturated heterocycles. The van der Waals surface area contributed by atoms with Gasteiger partial charge in [0.15, 0.2) is 16.6 Å². The summed E-state index contributed by atoms with van der Waals surface area (Å²) < 4.78 is 5.12. The lowest BCUT2D eigenvalue weighted by Crippen LogP contribution is -2.70. The van der Waals surface area contributed by atoms with E-state index in [1.54, 1.807) is 22.4 Å². The van der Waals surface area contributed by atoms with Crippen molar-refractivity contribution in [2.75, 3.05) is 24.3 Å². The number of nitrogens with one attached hydrogen (secondary N) is 1. The average Bonchev–Trinajstić information content (AvgIpc) is 3.46. The number of oxime groups is 1. The predicted molar refractivity (Wildman–Crippen MR) is 123 cm³/mol. The highest BCUT2D eigenvalue weighted by Gasteiger charge is 2.51. The third kappa shape index (κ3) is 4.27. The number of nitrogens with zero attached hydrogens (tertiary/aromatic N) is 3. The van der Waals surface area contributed by atoms with Crippen LogP contribution < -0.4 is 11.1 Å². The third-order valence-electron chi connectivity index (χ3n) is 4.89. The zero-order chi connectivity index (χ0) is 22.8. The van der Waals surface area contributed by atoms with Gasteiger partial charge in [0.05, 0.1) is 6.26 Å². The van der Waals surface area contributed by atoms with Gasteiger partial charge in [-0.15, -0.1) is 23.1 Å². The quantitative estimate of drug-likeness (QED) is 0.336. The molecule has 4 heterocycles. The molecule has 2 atom stereocenters. The first-order chi connectivity index (χ1) is 15.4. The summed E-state index contributed by atoms with van der Waals surface area (Å²) in [5.74, 6) is 0.618. The van der Waals surface area contributed by atoms with Crippen molar-refractivity contribution in [2.24, 2.45) is 5.16 Å². The van der Waals surface area contributed by atoms with Crippen molar-refractivity contribution in [3.05, 3.63) is 46.5 Å². The number of fused-ring (bicyclic) bond motifs is 1. The Bertz CT molecular complexity index is 1110. The molecule has 0 spiro atoms. The van der Waals surface area contributed by atoms with Crippen LogP contribution in [0.1, 0.15) is 23.2 Å². The normalized spacial score (nSPS) is 20.6. The van der Waals surface area contributed by atoms with Gasteiger partial charge in [0.1, 0.15) is 24.2 Å². The number of carbonyl (C=O) groups excluding carboxylic acids is 3. The zero-order valence-electron chi connectivity index (χ0n) is 17.1. The summed E-state index contributed by atoms with van der Waals surface area (Å²) in [5.41, 5.74) is 7.68. The molecule has 0 aromatic carbocycles. The second-order valence-electron chi connectivity index (χ2n) is 6.80. The summed E-state index contributed by atoms with van der Waals surface area (Å²) in [6.07, 6.45) is 1.46. The molecule has 13 heteroatoms. The van der Waals surface area contributed by atoms with Gasteiger partial charge in [-0.2, -0.15) is 0 Å². The van der Waals surface area contributed by atoms with Gasteiger partial charge in [-0.3, -0.25) is 19.3 Å². The molecule has 2 aliphatic heterocycles. The van der Waals surface area contributed by atoms with E-state index in [0.717, 1.165) is 23.0 Å². The maximum atomic E-state index is 12.8. The lowest BCUT2D eigenvalue weighted by molar-refractivity contribution is -0.144. The lowest BCUT2D eigenvalue weighted by Gasteiger charge is -2.50. The minimum atomic E-state index is -0.695. The van der Waals surface area contributed by atoms with Crippen molar-refractivity contribution in [3.8, 4) is 0 Å². The molecular weight excluding hydrogens is 474 g/mol. The Morgan fingerprint density at radius 3 is 2.97 bits per heavy atom. The van der Waals surface area contributed by atoms with Crippen LogP contribution in [-0.4, -0.2) is 62.6 Å². The van der Waals surface area contributed by atoms with E-state index >= 15 is 0 Å². The fourth-order valence-electron chi connectivity index (χ4n) is 3.25. The van der Waals surface area contributed by atoms with Crippen LogP contribution in [0.2, 0.25) is 0 Å². The van der Waals surface area contributed by atoms with Crippen LogP contribution in [0, 0.1) is 0 Å². The van der Waals surface area contributed by atoms with Crippen molar-refractivity contribution in [1.82, 2.24) is 15.2 Å². The van der Waals surface area contributed by atoms with Gasteiger partial charge in [0, 0.05) is 22.6 Å². The Labute approximate surface area is 195 Å².